The van der Waals surface area contributed by atoms with Crippen LogP contribution < -0.4 is 15.9 Å². The van der Waals surface area contributed by atoms with Crippen LogP contribution in [0, 0.1) is 6.92 Å². The number of carbonyl (C=O) groups excluding carboxylic acids is 1. The third kappa shape index (κ3) is 4.17. The van der Waals surface area contributed by atoms with Crippen LogP contribution in [0.15, 0.2) is 58.3 Å². The molecule has 0 aliphatic rings. The van der Waals surface area contributed by atoms with Crippen LogP contribution >= 0.6 is 0 Å². The Kier molecular flexibility index (Phi) is 5.88. The van der Waals surface area contributed by atoms with Gasteiger partial charge in [0.2, 0.25) is 11.6 Å². The van der Waals surface area contributed by atoms with Gasteiger partial charge in [-0.2, -0.15) is 9.78 Å². The molecule has 0 unspecified atom stereocenters. The molecular formula is C21H20N8O3. The van der Waals surface area contributed by atoms with E-state index >= 15 is 0 Å². The predicted molar refractivity (Wildman–Crippen MR) is 116 cm³/mol. The average Bonchev–Trinajstić information content (AvgIpc) is 3.41. The molecule has 2 heterocycles. The number of aromatic nitrogens is 5. The summed E-state index contributed by atoms with van der Waals surface area (Å²) in [6.45, 7) is 4.37. The van der Waals surface area contributed by atoms with E-state index < -0.39 is 5.91 Å². The molecule has 0 bridgehead atoms. The Hall–Kier alpha value is -4.54. The average molecular weight is 432 g/mol. The number of nitrogens with one attached hydrogen (secondary N) is 1. The lowest BCUT2D eigenvalue weighted by Crippen LogP contribution is -2.19. The zero-order chi connectivity index (χ0) is 22.5. The SMILES string of the molecule is CCOc1ccccc1/C=N/NC(=O)c1nnn(-c2nonc2N)c1-c1ccc(C)cc1. The van der Waals surface area contributed by atoms with Gasteiger partial charge >= 0.3 is 0 Å². The second-order valence-electron chi connectivity index (χ2n) is 6.71. The van der Waals surface area contributed by atoms with Crippen LogP contribution in [0.2, 0.25) is 0 Å². The van der Waals surface area contributed by atoms with Crippen molar-refractivity contribution in [3.05, 3.63) is 65.4 Å². The highest BCUT2D eigenvalue weighted by molar-refractivity contribution is 5.99. The van der Waals surface area contributed by atoms with Crippen molar-refractivity contribution in [3.63, 3.8) is 0 Å². The van der Waals surface area contributed by atoms with E-state index in [2.05, 4.69) is 35.8 Å². The largest absolute Gasteiger partial charge is 0.493 e. The van der Waals surface area contributed by atoms with E-state index in [1.54, 1.807) is 0 Å². The van der Waals surface area contributed by atoms with Gasteiger partial charge in [0.05, 0.1) is 12.8 Å². The van der Waals surface area contributed by atoms with Crippen LogP contribution in [0.1, 0.15) is 28.5 Å². The Bertz CT molecular complexity index is 1260. The van der Waals surface area contributed by atoms with Crippen LogP contribution in [0.5, 0.6) is 5.75 Å². The molecule has 4 aromatic rings. The zero-order valence-corrected chi connectivity index (χ0v) is 17.4. The number of ether oxygens (including phenoxy) is 1. The summed E-state index contributed by atoms with van der Waals surface area (Å²) in [7, 11) is 0. The predicted octanol–water partition coefficient (Wildman–Crippen LogP) is 2.37. The lowest BCUT2D eigenvalue weighted by atomic mass is 10.1. The summed E-state index contributed by atoms with van der Waals surface area (Å²) >= 11 is 0. The third-order valence-electron chi connectivity index (χ3n) is 4.50. The van der Waals surface area contributed by atoms with Gasteiger partial charge in [0.1, 0.15) is 11.4 Å². The van der Waals surface area contributed by atoms with E-state index in [0.29, 0.717) is 23.6 Å². The van der Waals surface area contributed by atoms with Crippen molar-refractivity contribution in [2.24, 2.45) is 5.10 Å². The van der Waals surface area contributed by atoms with Crippen molar-refractivity contribution >= 4 is 17.9 Å². The first-order chi connectivity index (χ1) is 15.6. The molecule has 0 spiro atoms. The number of hydrazone groups is 1. The molecule has 11 nitrogen and oxygen atoms in total. The topological polar surface area (TPSA) is 146 Å². The summed E-state index contributed by atoms with van der Waals surface area (Å²) in [4.78, 5) is 12.9. The molecule has 2 aromatic carbocycles. The highest BCUT2D eigenvalue weighted by Gasteiger charge is 2.25. The van der Waals surface area contributed by atoms with E-state index in [-0.39, 0.29) is 17.3 Å². The molecule has 2 aromatic heterocycles. The van der Waals surface area contributed by atoms with Crippen molar-refractivity contribution in [1.82, 2.24) is 30.7 Å². The molecule has 11 heteroatoms. The van der Waals surface area contributed by atoms with Gasteiger partial charge in [0.25, 0.3) is 5.91 Å². The van der Waals surface area contributed by atoms with E-state index in [9.17, 15) is 4.79 Å². The molecule has 4 rings (SSSR count). The molecule has 0 radical (unpaired) electrons. The third-order valence-corrected chi connectivity index (χ3v) is 4.50. The fourth-order valence-electron chi connectivity index (χ4n) is 2.98. The Labute approximate surface area is 182 Å². The number of nitrogens with zero attached hydrogens (tertiary/aromatic N) is 6. The first-order valence-electron chi connectivity index (χ1n) is 9.75. The molecule has 3 N–H and O–H groups in total. The Balaban J connectivity index is 1.66. The maximum absolute atomic E-state index is 12.9. The van der Waals surface area contributed by atoms with Crippen LogP contribution in [0.25, 0.3) is 17.1 Å². The molecule has 0 saturated heterocycles. The second-order valence-corrected chi connectivity index (χ2v) is 6.71. The maximum Gasteiger partial charge on any atom is 0.294 e. The Morgan fingerprint density at radius 3 is 2.72 bits per heavy atom. The van der Waals surface area contributed by atoms with Gasteiger partial charge in [0, 0.05) is 11.1 Å². The Morgan fingerprint density at radius 1 is 1.22 bits per heavy atom. The number of benzene rings is 2. The second kappa shape index (κ2) is 9.08. The van der Waals surface area contributed by atoms with Crippen molar-refractivity contribution in [3.8, 4) is 22.8 Å². The molecule has 0 aliphatic carbocycles. The molecule has 32 heavy (non-hydrogen) atoms. The van der Waals surface area contributed by atoms with Crippen LogP contribution in [0.4, 0.5) is 5.82 Å². The number of nitrogens with two attached hydrogens (primary N) is 1. The van der Waals surface area contributed by atoms with Crippen LogP contribution in [-0.4, -0.2) is 44.0 Å². The number of aryl methyl sites for hydroxylation is 1. The van der Waals surface area contributed by atoms with Gasteiger partial charge in [-0.05, 0) is 36.3 Å². The normalized spacial score (nSPS) is 11.1. The van der Waals surface area contributed by atoms with Crippen molar-refractivity contribution in [2.75, 3.05) is 12.3 Å². The van der Waals surface area contributed by atoms with E-state index in [1.807, 2.05) is 62.4 Å². The quantitative estimate of drug-likeness (QED) is 0.334. The van der Waals surface area contributed by atoms with E-state index in [4.69, 9.17) is 10.5 Å². The molecule has 1 amide bonds. The van der Waals surface area contributed by atoms with E-state index in [1.165, 1.54) is 10.9 Å². The smallest absolute Gasteiger partial charge is 0.294 e. The molecule has 0 atom stereocenters. The summed E-state index contributed by atoms with van der Waals surface area (Å²) < 4.78 is 11.5. The standard InChI is InChI=1S/C21H20N8O3/c1-3-31-16-7-5-4-6-15(16)12-23-25-21(30)17-18(14-10-8-13(2)9-11-14)29(28-24-17)20-19(22)26-32-27-20/h4-12H,3H2,1-2H3,(H2,22,26)(H,25,30)/b23-12+. The minimum Gasteiger partial charge on any atom is -0.493 e. The van der Waals surface area contributed by atoms with Crippen molar-refractivity contribution in [2.45, 2.75) is 13.8 Å². The first-order valence-corrected chi connectivity index (χ1v) is 9.75. The lowest BCUT2D eigenvalue weighted by Gasteiger charge is -2.07. The summed E-state index contributed by atoms with van der Waals surface area (Å²) in [5.74, 6) is 0.238. The summed E-state index contributed by atoms with van der Waals surface area (Å²) in [5.41, 5.74) is 11.2. The molecule has 0 fully saturated rings. The minimum absolute atomic E-state index is 0.0146. The number of anilines is 1. The maximum atomic E-state index is 12.9. The number of carbonyl (C=O) groups is 1. The monoisotopic (exact) mass is 432 g/mol. The number of nitrogen functional groups attached to an aromatic ring is 1. The van der Waals surface area contributed by atoms with Gasteiger partial charge in [-0.25, -0.2) is 10.1 Å². The van der Waals surface area contributed by atoms with Crippen LogP contribution in [0.3, 0.4) is 0 Å². The molecule has 162 valence electrons. The van der Waals surface area contributed by atoms with Gasteiger partial charge in [0.15, 0.2) is 5.69 Å². The fourth-order valence-corrected chi connectivity index (χ4v) is 2.98. The molecular weight excluding hydrogens is 412 g/mol. The molecule has 0 aliphatic heterocycles. The Morgan fingerprint density at radius 2 is 2.00 bits per heavy atom. The summed E-state index contributed by atoms with van der Waals surface area (Å²) in [6, 6.07) is 14.8. The number of hydrogen-bond acceptors (Lipinski definition) is 9. The van der Waals surface area contributed by atoms with Crippen molar-refractivity contribution in [1.29, 1.82) is 0 Å². The van der Waals surface area contributed by atoms with Gasteiger partial charge < -0.3 is 10.5 Å². The first kappa shape index (κ1) is 20.7. The number of amides is 1. The number of hydrogen-bond donors (Lipinski definition) is 2. The lowest BCUT2D eigenvalue weighted by molar-refractivity contribution is 0.0950. The van der Waals surface area contributed by atoms with Gasteiger partial charge in [-0.1, -0.05) is 47.2 Å². The summed E-state index contributed by atoms with van der Waals surface area (Å²) in [5, 5.41) is 19.4. The fraction of sp³-hybridized carbons (Fsp3) is 0.143. The number of para-hydroxylation sites is 1. The van der Waals surface area contributed by atoms with Crippen LogP contribution in [-0.2, 0) is 0 Å². The minimum atomic E-state index is -0.563. The van der Waals surface area contributed by atoms with Gasteiger partial charge in [-0.3, -0.25) is 4.79 Å². The molecule has 0 saturated carbocycles. The van der Waals surface area contributed by atoms with Crippen molar-refractivity contribution < 1.29 is 14.2 Å². The summed E-state index contributed by atoms with van der Waals surface area (Å²) in [6.07, 6.45) is 1.50. The van der Waals surface area contributed by atoms with E-state index in [0.717, 1.165) is 11.1 Å². The zero-order valence-electron chi connectivity index (χ0n) is 17.4. The number of rotatable bonds is 7. The highest BCUT2D eigenvalue weighted by Crippen LogP contribution is 2.26. The highest BCUT2D eigenvalue weighted by atomic mass is 16.6. The van der Waals surface area contributed by atoms with Gasteiger partial charge in [-0.15, -0.1) is 5.10 Å².